The number of rotatable bonds is 6. The molecule has 152 valence electrons. The number of β-amino-alcohol motifs (C(OH)–C–C–N with tert-alkyl or cyclic N) is 1. The number of nitrogens with two attached hydrogens (primary N) is 1. The number of carbonyl (C=O) groups excluding carboxylic acids is 1. The first-order chi connectivity index (χ1) is 13.5. The van der Waals surface area contributed by atoms with E-state index in [1.807, 2.05) is 12.1 Å². The number of amides is 1. The molecule has 1 saturated heterocycles. The van der Waals surface area contributed by atoms with Crippen LogP contribution in [0.3, 0.4) is 0 Å². The number of fused-ring (bicyclic) bond motifs is 1. The number of hydrogen-bond donors (Lipinski definition) is 3. The van der Waals surface area contributed by atoms with Gasteiger partial charge in [0.15, 0.2) is 5.58 Å². The maximum absolute atomic E-state index is 12.6. The molecule has 0 bridgehead atoms. The highest BCUT2D eigenvalue weighted by Crippen LogP contribution is 2.39. The van der Waals surface area contributed by atoms with Gasteiger partial charge in [-0.1, -0.05) is 38.2 Å². The number of carbonyl (C=O) groups is 1. The molecule has 2 aromatic rings. The number of nitrogens with one attached hydrogen (secondary N) is 1. The highest BCUT2D eigenvalue weighted by atomic mass is 16.4. The monoisotopic (exact) mass is 387 g/mol. The summed E-state index contributed by atoms with van der Waals surface area (Å²) in [4.78, 5) is 29.1. The average Bonchev–Trinajstić information content (AvgIpc) is 3.25. The minimum atomic E-state index is -0.502. The van der Waals surface area contributed by atoms with Crippen molar-refractivity contribution in [3.8, 4) is 0 Å². The number of oxazole rings is 1. The summed E-state index contributed by atoms with van der Waals surface area (Å²) < 4.78 is 5.10. The number of aliphatic hydroxyl groups excluding tert-OH is 1. The van der Waals surface area contributed by atoms with Gasteiger partial charge in [0.05, 0.1) is 17.5 Å². The van der Waals surface area contributed by atoms with E-state index in [9.17, 15) is 14.7 Å². The fourth-order valence-electron chi connectivity index (χ4n) is 5.15. The number of aromatic amines is 1. The smallest absolute Gasteiger partial charge is 0.408 e. The summed E-state index contributed by atoms with van der Waals surface area (Å²) in [5.74, 6) is -0.732. The first-order valence-corrected chi connectivity index (χ1v) is 10.3. The lowest BCUT2D eigenvalue weighted by molar-refractivity contribution is -0.121. The fourth-order valence-corrected chi connectivity index (χ4v) is 5.15. The molecule has 1 aromatic heterocycles. The van der Waals surface area contributed by atoms with Gasteiger partial charge in [0.25, 0.3) is 0 Å². The zero-order chi connectivity index (χ0) is 19.7. The molecule has 2 aliphatic rings. The second-order valence-corrected chi connectivity index (χ2v) is 8.41. The Hall–Kier alpha value is -2.12. The Labute approximate surface area is 163 Å². The van der Waals surface area contributed by atoms with Crippen molar-refractivity contribution in [2.75, 3.05) is 19.6 Å². The van der Waals surface area contributed by atoms with E-state index < -0.39 is 11.7 Å². The van der Waals surface area contributed by atoms with Crippen molar-refractivity contribution in [1.29, 1.82) is 0 Å². The number of hydrogen-bond acceptors (Lipinski definition) is 5. The SMILES string of the molecule is NC(=O)C(c1ccc2oc(=O)[nH]c2c1)[C@@H](CN1CC[C@H](O)C1)C1CCCCC1. The van der Waals surface area contributed by atoms with Crippen LogP contribution in [0.25, 0.3) is 11.1 Å². The van der Waals surface area contributed by atoms with Crippen molar-refractivity contribution in [2.45, 2.75) is 50.5 Å². The zero-order valence-corrected chi connectivity index (χ0v) is 16.1. The predicted molar refractivity (Wildman–Crippen MR) is 106 cm³/mol. The third kappa shape index (κ3) is 4.00. The predicted octanol–water partition coefficient (Wildman–Crippen LogP) is 1.95. The third-order valence-electron chi connectivity index (χ3n) is 6.51. The number of likely N-dealkylation sites (tertiary alicyclic amines) is 1. The molecule has 3 atom stereocenters. The highest BCUT2D eigenvalue weighted by molar-refractivity contribution is 5.84. The Morgan fingerprint density at radius 1 is 1.29 bits per heavy atom. The lowest BCUT2D eigenvalue weighted by Crippen LogP contribution is -2.40. The Morgan fingerprint density at radius 3 is 2.75 bits per heavy atom. The molecule has 2 heterocycles. The lowest BCUT2D eigenvalue weighted by atomic mass is 9.71. The fraction of sp³-hybridized carbons (Fsp3) is 0.619. The molecule has 0 spiro atoms. The van der Waals surface area contributed by atoms with Gasteiger partial charge in [-0.15, -0.1) is 0 Å². The molecule has 1 aliphatic carbocycles. The van der Waals surface area contributed by atoms with Crippen LogP contribution in [0, 0.1) is 11.8 Å². The molecule has 4 rings (SSSR count). The van der Waals surface area contributed by atoms with E-state index in [1.165, 1.54) is 19.3 Å². The van der Waals surface area contributed by atoms with Gasteiger partial charge in [0, 0.05) is 19.6 Å². The molecule has 4 N–H and O–H groups in total. The third-order valence-corrected chi connectivity index (χ3v) is 6.51. The number of aliphatic hydroxyl groups is 1. The maximum Gasteiger partial charge on any atom is 0.417 e. The van der Waals surface area contributed by atoms with Gasteiger partial charge in [-0.05, 0) is 36.0 Å². The Bertz CT molecular complexity index is 883. The van der Waals surface area contributed by atoms with Gasteiger partial charge < -0.3 is 20.2 Å². The summed E-state index contributed by atoms with van der Waals surface area (Å²) in [7, 11) is 0. The summed E-state index contributed by atoms with van der Waals surface area (Å²) in [5.41, 5.74) is 7.82. The van der Waals surface area contributed by atoms with Crippen LogP contribution in [-0.2, 0) is 4.79 Å². The first-order valence-electron chi connectivity index (χ1n) is 10.3. The average molecular weight is 387 g/mol. The van der Waals surface area contributed by atoms with Gasteiger partial charge in [-0.2, -0.15) is 0 Å². The summed E-state index contributed by atoms with van der Waals surface area (Å²) >= 11 is 0. The Kier molecular flexibility index (Phi) is 5.55. The maximum atomic E-state index is 12.6. The summed E-state index contributed by atoms with van der Waals surface area (Å²) in [5, 5.41) is 9.93. The van der Waals surface area contributed by atoms with Crippen molar-refractivity contribution in [3.63, 3.8) is 0 Å². The Balaban J connectivity index is 1.67. The van der Waals surface area contributed by atoms with Crippen LogP contribution in [0.4, 0.5) is 0 Å². The number of aromatic nitrogens is 1. The van der Waals surface area contributed by atoms with Gasteiger partial charge >= 0.3 is 5.76 Å². The second-order valence-electron chi connectivity index (χ2n) is 8.41. The molecule has 0 radical (unpaired) electrons. The van der Waals surface area contributed by atoms with E-state index in [2.05, 4.69) is 9.88 Å². The summed E-state index contributed by atoms with van der Waals surface area (Å²) in [6, 6.07) is 5.41. The number of nitrogens with zero attached hydrogens (tertiary/aromatic N) is 1. The molecule has 1 aromatic carbocycles. The molecule has 1 unspecified atom stereocenters. The van der Waals surface area contributed by atoms with Crippen LogP contribution < -0.4 is 11.5 Å². The van der Waals surface area contributed by atoms with Crippen LogP contribution in [0.5, 0.6) is 0 Å². The topological polar surface area (TPSA) is 113 Å². The molecule has 7 heteroatoms. The zero-order valence-electron chi connectivity index (χ0n) is 16.1. The molecule has 2 fully saturated rings. The lowest BCUT2D eigenvalue weighted by Gasteiger charge is -2.37. The molecular weight excluding hydrogens is 358 g/mol. The largest absolute Gasteiger partial charge is 0.417 e. The van der Waals surface area contributed by atoms with Crippen LogP contribution in [-0.4, -0.2) is 46.6 Å². The molecule has 1 saturated carbocycles. The Morgan fingerprint density at radius 2 is 2.07 bits per heavy atom. The van der Waals surface area contributed by atoms with Crippen molar-refractivity contribution in [2.24, 2.45) is 17.6 Å². The molecule has 28 heavy (non-hydrogen) atoms. The van der Waals surface area contributed by atoms with Crippen molar-refractivity contribution in [3.05, 3.63) is 34.3 Å². The first kappa shape index (κ1) is 19.2. The normalized spacial score (nSPS) is 23.8. The minimum Gasteiger partial charge on any atom is -0.408 e. The van der Waals surface area contributed by atoms with Crippen molar-refractivity contribution < 1.29 is 14.3 Å². The minimum absolute atomic E-state index is 0.0965. The quantitative estimate of drug-likeness (QED) is 0.701. The van der Waals surface area contributed by atoms with Crippen molar-refractivity contribution >= 4 is 17.0 Å². The number of H-pyrrole nitrogens is 1. The van der Waals surface area contributed by atoms with E-state index >= 15 is 0 Å². The van der Waals surface area contributed by atoms with Gasteiger partial charge in [-0.25, -0.2) is 4.79 Å². The number of primary amides is 1. The van der Waals surface area contributed by atoms with E-state index in [1.54, 1.807) is 6.07 Å². The molecule has 1 aliphatic heterocycles. The highest BCUT2D eigenvalue weighted by Gasteiger charge is 2.37. The molecule has 7 nitrogen and oxygen atoms in total. The summed E-state index contributed by atoms with van der Waals surface area (Å²) in [6.07, 6.45) is 6.32. The van der Waals surface area contributed by atoms with E-state index in [-0.39, 0.29) is 17.9 Å². The van der Waals surface area contributed by atoms with Crippen LogP contribution >= 0.6 is 0 Å². The van der Waals surface area contributed by atoms with Crippen LogP contribution in [0.1, 0.15) is 50.0 Å². The van der Waals surface area contributed by atoms with Gasteiger partial charge in [0.2, 0.25) is 5.91 Å². The summed E-state index contributed by atoms with van der Waals surface area (Å²) in [6.45, 7) is 2.27. The van der Waals surface area contributed by atoms with E-state index in [4.69, 9.17) is 10.2 Å². The van der Waals surface area contributed by atoms with Crippen LogP contribution in [0.15, 0.2) is 27.4 Å². The van der Waals surface area contributed by atoms with Crippen molar-refractivity contribution in [1.82, 2.24) is 9.88 Å². The number of benzene rings is 1. The standard InChI is InChI=1S/C21H29N3O4/c22-20(26)19(14-6-7-18-17(10-14)23-21(27)28-18)16(13-4-2-1-3-5-13)12-24-9-8-15(25)11-24/h6-7,10,13,15-16,19,25H,1-5,8-9,11-12H2,(H2,22,26)(H,23,27)/t15-,16-,19?/m0/s1. The second kappa shape index (κ2) is 8.09. The van der Waals surface area contributed by atoms with Gasteiger partial charge in [0.1, 0.15) is 0 Å². The van der Waals surface area contributed by atoms with Gasteiger partial charge in [-0.3, -0.25) is 9.78 Å². The van der Waals surface area contributed by atoms with Crippen LogP contribution in [0.2, 0.25) is 0 Å². The van der Waals surface area contributed by atoms with E-state index in [0.29, 0.717) is 23.6 Å². The molecular formula is C21H29N3O4. The molecule has 1 amide bonds. The van der Waals surface area contributed by atoms with E-state index in [0.717, 1.165) is 37.9 Å².